The van der Waals surface area contributed by atoms with Crippen LogP contribution in [-0.2, 0) is 28.9 Å². The average molecular weight is 843 g/mol. The Hall–Kier alpha value is -5.49. The molecule has 3 aliphatic heterocycles. The number of hydrogen-bond acceptors (Lipinski definition) is 6. The van der Waals surface area contributed by atoms with Gasteiger partial charge >= 0.3 is 0 Å². The molecular weight excluding hydrogens is 793 g/mol. The summed E-state index contributed by atoms with van der Waals surface area (Å²) in [6.07, 6.45) is 8.13. The second kappa shape index (κ2) is 17.2. The number of carbonyl (C=O) groups is 2. The van der Waals surface area contributed by atoms with Crippen molar-refractivity contribution >= 4 is 79.3 Å². The van der Waals surface area contributed by atoms with Gasteiger partial charge in [0.2, 0.25) is 0 Å². The largest absolute Gasteiger partial charge is 0.367 e. The number of amides is 2. The normalized spacial score (nSPS) is 18.9. The van der Waals surface area contributed by atoms with Crippen molar-refractivity contribution < 1.29 is 9.59 Å². The number of aryl methyl sites for hydroxylation is 1. The Labute approximate surface area is 354 Å². The Bertz CT molecular complexity index is 2550. The second-order valence-corrected chi connectivity index (χ2v) is 15.9. The van der Waals surface area contributed by atoms with E-state index in [4.69, 9.17) is 34.8 Å². The lowest BCUT2D eigenvalue weighted by molar-refractivity contribution is -0.127. The van der Waals surface area contributed by atoms with Crippen molar-refractivity contribution in [2.75, 3.05) is 27.7 Å². The number of nitrogens with one attached hydrogen (secondary N) is 6. The van der Waals surface area contributed by atoms with E-state index in [0.717, 1.165) is 56.9 Å². The van der Waals surface area contributed by atoms with Crippen LogP contribution < -0.4 is 16.0 Å². The molecule has 3 fully saturated rings. The Kier molecular flexibility index (Phi) is 12.5. The quantitative estimate of drug-likeness (QED) is 0.100. The number of para-hydroxylation sites is 2. The van der Waals surface area contributed by atoms with E-state index in [1.165, 1.54) is 26.8 Å². The van der Waals surface area contributed by atoms with Crippen LogP contribution in [0.5, 0.6) is 0 Å². The molecule has 3 aliphatic rings. The number of rotatable bonds is 6. The Morgan fingerprint density at radius 2 is 1.12 bits per heavy atom. The third-order valence-electron chi connectivity index (χ3n) is 11.0. The van der Waals surface area contributed by atoms with Gasteiger partial charge in [0.05, 0.1) is 31.9 Å². The Morgan fingerprint density at radius 1 is 0.621 bits per heavy atom. The minimum atomic E-state index is -0.291. The molecule has 6 N–H and O–H groups in total. The maximum atomic E-state index is 12.0. The molecule has 304 valence electrons. The smallest absolute Gasteiger partial charge is 0.250 e. The van der Waals surface area contributed by atoms with Crippen molar-refractivity contribution in [1.82, 2.24) is 45.6 Å². The van der Waals surface area contributed by atoms with Crippen LogP contribution in [0.3, 0.4) is 0 Å². The minimum Gasteiger partial charge on any atom is -0.367 e. The number of benzene rings is 3. The fraction of sp³-hybridized carbons (Fsp3) is 0.273. The minimum absolute atomic E-state index is 0. The van der Waals surface area contributed by atoms with E-state index in [2.05, 4.69) is 93.9 Å². The van der Waals surface area contributed by atoms with Gasteiger partial charge in [-0.15, -0.1) is 0 Å². The molecule has 9 rings (SSSR count). The standard InChI is InChI=1S/C15H17N3O.C14H13Cl2N3O.C14H16ClN3.CH4/c1-9-5-4-6-12-11(8-16-14(9)12)7-13-15(19)18(3)10(2)17-13;1-7-18-11(14(20)19(7)2)5-8-6-17-13-9(8)3-4-10(15)12(13)16;1-9-17-11(8-18(9)2)6-10-7-16-14-12(10)4-3-5-13(14)15;/h4-6,8,13,16-17H,2,7H2,1,3H3;3-4,6,11,17-18H,1,5H2,2H3;3-5,7,11,16-17H,1,6,8H2,2H3;1H4. The number of aromatic nitrogens is 3. The van der Waals surface area contributed by atoms with Crippen LogP contribution in [0.2, 0.25) is 15.1 Å². The maximum absolute atomic E-state index is 12.0. The Morgan fingerprint density at radius 3 is 1.66 bits per heavy atom. The highest BCUT2D eigenvalue weighted by Gasteiger charge is 2.33. The van der Waals surface area contributed by atoms with Gasteiger partial charge in [0.25, 0.3) is 11.8 Å². The summed E-state index contributed by atoms with van der Waals surface area (Å²) >= 11 is 18.3. The lowest BCUT2D eigenvalue weighted by Crippen LogP contribution is -2.30. The summed E-state index contributed by atoms with van der Waals surface area (Å²) in [6.45, 7) is 14.7. The third kappa shape index (κ3) is 8.25. The van der Waals surface area contributed by atoms with E-state index in [1.54, 1.807) is 25.1 Å². The van der Waals surface area contributed by atoms with Gasteiger partial charge in [-0.3, -0.25) is 9.59 Å². The molecule has 3 unspecified atom stereocenters. The van der Waals surface area contributed by atoms with Crippen LogP contribution >= 0.6 is 34.8 Å². The summed E-state index contributed by atoms with van der Waals surface area (Å²) in [5.41, 5.74) is 7.67. The van der Waals surface area contributed by atoms with E-state index in [1.807, 2.05) is 36.7 Å². The van der Waals surface area contributed by atoms with Crippen LogP contribution in [0.1, 0.15) is 29.7 Å². The molecule has 0 bridgehead atoms. The maximum Gasteiger partial charge on any atom is 0.250 e. The summed E-state index contributed by atoms with van der Waals surface area (Å²) < 4.78 is 0. The van der Waals surface area contributed by atoms with Crippen molar-refractivity contribution in [3.05, 3.63) is 142 Å². The zero-order valence-corrected chi connectivity index (χ0v) is 34.6. The molecule has 0 saturated carbocycles. The number of halogens is 3. The number of fused-ring (bicyclic) bond motifs is 3. The Balaban J connectivity index is 0.000000146. The van der Waals surface area contributed by atoms with Crippen molar-refractivity contribution in [1.29, 1.82) is 0 Å². The fourth-order valence-electron chi connectivity index (χ4n) is 7.63. The monoisotopic (exact) mass is 841 g/mol. The van der Waals surface area contributed by atoms with Crippen LogP contribution in [-0.4, -0.2) is 87.3 Å². The van der Waals surface area contributed by atoms with Gasteiger partial charge in [-0.25, -0.2) is 0 Å². The summed E-state index contributed by atoms with van der Waals surface area (Å²) in [4.78, 5) is 39.0. The zero-order chi connectivity index (χ0) is 40.7. The first-order chi connectivity index (χ1) is 27.2. The van der Waals surface area contributed by atoms with Crippen LogP contribution in [0.25, 0.3) is 32.7 Å². The molecule has 11 nitrogen and oxygen atoms in total. The summed E-state index contributed by atoms with van der Waals surface area (Å²) in [6, 6.07) is 15.8. The molecule has 3 saturated heterocycles. The molecule has 3 aromatic heterocycles. The molecule has 2 amide bonds. The number of carbonyl (C=O) groups excluding carboxylic acids is 2. The van der Waals surface area contributed by atoms with Crippen LogP contribution in [0.15, 0.2) is 104 Å². The second-order valence-electron chi connectivity index (χ2n) is 14.7. The highest BCUT2D eigenvalue weighted by Crippen LogP contribution is 2.33. The van der Waals surface area contributed by atoms with E-state index in [0.29, 0.717) is 40.6 Å². The van der Waals surface area contributed by atoms with E-state index in [9.17, 15) is 9.59 Å². The number of aromatic amines is 3. The summed E-state index contributed by atoms with van der Waals surface area (Å²) in [5.74, 6) is 2.39. The topological polar surface area (TPSA) is 127 Å². The predicted octanol–water partition coefficient (Wildman–Crippen LogP) is 8.21. The van der Waals surface area contributed by atoms with Crippen LogP contribution in [0.4, 0.5) is 0 Å². The first kappa shape index (κ1) is 42.1. The van der Waals surface area contributed by atoms with Crippen molar-refractivity contribution in [2.45, 2.75) is 51.7 Å². The number of likely N-dealkylation sites (N-methyl/N-ethyl adjacent to an activating group) is 3. The first-order valence-corrected chi connectivity index (χ1v) is 19.7. The SMILES string of the molecule is C.C=C1NC(Cc2c[nH]c3c(C)cccc23)C(=O)N1C.C=C1NC(Cc2c[nH]c3c(Cl)c(Cl)ccc23)C(=O)N1C.C=C1NC(Cc2c[nH]c3c(Cl)cccc23)CN1C. The summed E-state index contributed by atoms with van der Waals surface area (Å²) in [5, 5.41) is 14.8. The van der Waals surface area contributed by atoms with Gasteiger partial charge in [-0.2, -0.15) is 0 Å². The van der Waals surface area contributed by atoms with Crippen molar-refractivity contribution in [3.63, 3.8) is 0 Å². The van der Waals surface area contributed by atoms with E-state index >= 15 is 0 Å². The molecule has 14 heteroatoms. The molecule has 6 aromatic rings. The number of nitrogens with zero attached hydrogens (tertiary/aromatic N) is 3. The molecule has 6 heterocycles. The van der Waals surface area contributed by atoms with Gasteiger partial charge in [0.15, 0.2) is 0 Å². The lowest BCUT2D eigenvalue weighted by Gasteiger charge is -2.09. The van der Waals surface area contributed by atoms with Gasteiger partial charge in [0.1, 0.15) is 23.7 Å². The predicted molar refractivity (Wildman–Crippen MR) is 239 cm³/mol. The highest BCUT2D eigenvalue weighted by molar-refractivity contribution is 6.45. The molecule has 0 aliphatic carbocycles. The molecule has 3 atom stereocenters. The molecule has 58 heavy (non-hydrogen) atoms. The van der Waals surface area contributed by atoms with Crippen molar-refractivity contribution in [3.8, 4) is 0 Å². The molecule has 0 spiro atoms. The van der Waals surface area contributed by atoms with Gasteiger partial charge in [-0.05, 0) is 47.7 Å². The van der Waals surface area contributed by atoms with Gasteiger partial charge in [-0.1, -0.05) is 98.4 Å². The number of H-pyrrole nitrogens is 3. The number of hydrogen-bond donors (Lipinski definition) is 6. The van der Waals surface area contributed by atoms with Crippen LogP contribution in [0, 0.1) is 6.92 Å². The average Bonchev–Trinajstić information content (AvgIpc) is 4.04. The molecular formula is C44H50Cl3N9O2. The van der Waals surface area contributed by atoms with Gasteiger partial charge < -0.3 is 45.6 Å². The third-order valence-corrected chi connectivity index (χ3v) is 12.1. The lowest BCUT2D eigenvalue weighted by atomic mass is 10.0. The molecule has 3 aromatic carbocycles. The van der Waals surface area contributed by atoms with E-state index < -0.39 is 0 Å². The van der Waals surface area contributed by atoms with Crippen molar-refractivity contribution in [2.24, 2.45) is 0 Å². The first-order valence-electron chi connectivity index (χ1n) is 18.6. The fourth-order valence-corrected chi connectivity index (χ4v) is 8.23. The highest BCUT2D eigenvalue weighted by atomic mass is 35.5. The van der Waals surface area contributed by atoms with E-state index in [-0.39, 0.29) is 31.3 Å². The zero-order valence-electron chi connectivity index (χ0n) is 32.3. The molecule has 0 radical (unpaired) electrons. The summed E-state index contributed by atoms with van der Waals surface area (Å²) in [7, 11) is 5.52. The van der Waals surface area contributed by atoms with Gasteiger partial charge in [0, 0.05) is 86.8 Å².